The normalized spacial score (nSPS) is 26.3. The summed E-state index contributed by atoms with van der Waals surface area (Å²) in [6.45, 7) is 9.34. The van der Waals surface area contributed by atoms with E-state index in [1.54, 1.807) is 5.57 Å². The van der Waals surface area contributed by atoms with E-state index in [2.05, 4.69) is 98.1 Å². The maximum atomic E-state index is 4.68. The molecule has 3 aromatic rings. The Morgan fingerprint density at radius 3 is 2.17 bits per heavy atom. The molecule has 3 aliphatic rings. The fourth-order valence-corrected chi connectivity index (χ4v) is 6.23. The van der Waals surface area contributed by atoms with Gasteiger partial charge in [0.15, 0.2) is 0 Å². The number of rotatable bonds is 3. The highest BCUT2D eigenvalue weighted by Gasteiger charge is 2.46. The van der Waals surface area contributed by atoms with Crippen LogP contribution in [0.5, 0.6) is 0 Å². The molecule has 0 spiro atoms. The Kier molecular flexibility index (Phi) is 3.96. The van der Waals surface area contributed by atoms with Crippen molar-refractivity contribution in [2.24, 2.45) is 5.92 Å². The maximum absolute atomic E-state index is 4.68. The van der Waals surface area contributed by atoms with Crippen molar-refractivity contribution in [3.8, 4) is 0 Å². The lowest BCUT2D eigenvalue weighted by Crippen LogP contribution is -2.13. The molecule has 0 saturated heterocycles. The van der Waals surface area contributed by atoms with E-state index in [-0.39, 0.29) is 0 Å². The van der Waals surface area contributed by atoms with Crippen molar-refractivity contribution in [3.63, 3.8) is 0 Å². The monoisotopic (exact) mass is 386 g/mol. The first-order valence-electron chi connectivity index (χ1n) is 11.0. The summed E-state index contributed by atoms with van der Waals surface area (Å²) in [5.74, 6) is 1.62. The molecule has 0 aliphatic heterocycles. The number of hydrogen-bond donors (Lipinski definition) is 0. The highest BCUT2D eigenvalue weighted by Crippen LogP contribution is 2.60. The molecule has 3 aromatic carbocycles. The average molecular weight is 387 g/mol. The second kappa shape index (κ2) is 6.71. The molecule has 0 radical (unpaired) electrons. The van der Waals surface area contributed by atoms with Crippen molar-refractivity contribution < 1.29 is 0 Å². The van der Waals surface area contributed by atoms with Crippen LogP contribution in [0.4, 0.5) is 0 Å². The Labute approximate surface area is 179 Å². The smallest absolute Gasteiger partial charge is 0.0267 e. The van der Waals surface area contributed by atoms with Crippen LogP contribution < -0.4 is 0 Å². The zero-order chi connectivity index (χ0) is 20.2. The molecule has 6 rings (SSSR count). The van der Waals surface area contributed by atoms with E-state index in [1.165, 1.54) is 39.0 Å². The van der Waals surface area contributed by atoms with Crippen molar-refractivity contribution in [3.05, 3.63) is 137 Å². The largest absolute Gasteiger partial charge is 0.0986 e. The Balaban J connectivity index is 1.37. The van der Waals surface area contributed by atoms with Gasteiger partial charge in [-0.15, -0.1) is 0 Å². The zero-order valence-electron chi connectivity index (χ0n) is 17.2. The van der Waals surface area contributed by atoms with Gasteiger partial charge in [-0.25, -0.2) is 0 Å². The van der Waals surface area contributed by atoms with E-state index < -0.39 is 0 Å². The molecule has 1 fully saturated rings. The molecule has 1 saturated carbocycles. The van der Waals surface area contributed by atoms with Crippen LogP contribution in [0.25, 0.3) is 6.08 Å². The summed E-state index contributed by atoms with van der Waals surface area (Å²) in [6, 6.07) is 28.7. The molecule has 0 bridgehead atoms. The van der Waals surface area contributed by atoms with Crippen molar-refractivity contribution >= 4 is 6.08 Å². The third kappa shape index (κ3) is 2.53. The minimum atomic E-state index is 0.376. The molecule has 0 N–H and O–H groups in total. The minimum absolute atomic E-state index is 0.376. The fourth-order valence-electron chi connectivity index (χ4n) is 6.23. The van der Waals surface area contributed by atoms with Crippen molar-refractivity contribution in [2.45, 2.75) is 30.6 Å². The predicted octanol–water partition coefficient (Wildman–Crippen LogP) is 7.42. The van der Waals surface area contributed by atoms with E-state index in [0.29, 0.717) is 23.7 Å². The summed E-state index contributed by atoms with van der Waals surface area (Å²) in [5.41, 5.74) is 11.5. The minimum Gasteiger partial charge on any atom is -0.0986 e. The summed E-state index contributed by atoms with van der Waals surface area (Å²) in [5, 5.41) is 0. The first kappa shape index (κ1) is 17.7. The molecule has 0 aromatic heterocycles. The van der Waals surface area contributed by atoms with Gasteiger partial charge in [-0.2, -0.15) is 0 Å². The SMILES string of the molecule is C=C1C2C(=Cc3ccccc32)CC1C1C(=C)C(Cc2ccccc2)c2ccccc21. The van der Waals surface area contributed by atoms with Crippen LogP contribution in [-0.4, -0.2) is 0 Å². The highest BCUT2D eigenvalue weighted by atomic mass is 14.5. The Morgan fingerprint density at radius 2 is 1.37 bits per heavy atom. The van der Waals surface area contributed by atoms with E-state index in [9.17, 15) is 0 Å². The first-order chi connectivity index (χ1) is 14.7. The van der Waals surface area contributed by atoms with Gasteiger partial charge in [0.05, 0.1) is 0 Å². The third-order valence-corrected chi connectivity index (χ3v) is 7.56. The van der Waals surface area contributed by atoms with Crippen molar-refractivity contribution in [1.29, 1.82) is 0 Å². The fraction of sp³-hybridized carbons (Fsp3) is 0.200. The van der Waals surface area contributed by atoms with Gasteiger partial charge < -0.3 is 0 Å². The zero-order valence-corrected chi connectivity index (χ0v) is 17.2. The van der Waals surface area contributed by atoms with Crippen LogP contribution in [0.3, 0.4) is 0 Å². The second-order valence-corrected chi connectivity index (χ2v) is 9.09. The number of allylic oxidation sites excluding steroid dienone is 3. The van der Waals surface area contributed by atoms with E-state index in [4.69, 9.17) is 0 Å². The summed E-state index contributed by atoms with van der Waals surface area (Å²) in [4.78, 5) is 0. The molecule has 4 atom stereocenters. The van der Waals surface area contributed by atoms with Crippen molar-refractivity contribution in [1.82, 2.24) is 0 Å². The Hall–Kier alpha value is -3.12. The molecular weight excluding hydrogens is 360 g/mol. The maximum Gasteiger partial charge on any atom is 0.0267 e. The van der Waals surface area contributed by atoms with E-state index in [1.807, 2.05) is 0 Å². The van der Waals surface area contributed by atoms with Crippen LogP contribution >= 0.6 is 0 Å². The summed E-state index contributed by atoms with van der Waals surface area (Å²) in [7, 11) is 0. The molecule has 0 heteroatoms. The molecule has 146 valence electrons. The van der Waals surface area contributed by atoms with Crippen LogP contribution in [0, 0.1) is 5.92 Å². The summed E-state index contributed by atoms with van der Waals surface area (Å²) >= 11 is 0. The Morgan fingerprint density at radius 1 is 0.700 bits per heavy atom. The van der Waals surface area contributed by atoms with Gasteiger partial charge >= 0.3 is 0 Å². The molecular formula is C30H26. The predicted molar refractivity (Wildman–Crippen MR) is 126 cm³/mol. The van der Waals surface area contributed by atoms with Crippen LogP contribution in [0.2, 0.25) is 0 Å². The molecule has 30 heavy (non-hydrogen) atoms. The summed E-state index contributed by atoms with van der Waals surface area (Å²) < 4.78 is 0. The van der Waals surface area contributed by atoms with Gasteiger partial charge in [0.1, 0.15) is 0 Å². The average Bonchev–Trinajstić information content (AvgIpc) is 3.38. The molecule has 4 unspecified atom stereocenters. The van der Waals surface area contributed by atoms with E-state index in [0.717, 1.165) is 12.8 Å². The van der Waals surface area contributed by atoms with Crippen LogP contribution in [0.1, 0.15) is 52.0 Å². The lowest BCUT2D eigenvalue weighted by molar-refractivity contribution is 0.560. The topological polar surface area (TPSA) is 0 Å². The third-order valence-electron chi connectivity index (χ3n) is 7.56. The van der Waals surface area contributed by atoms with Gasteiger partial charge in [0, 0.05) is 17.8 Å². The number of fused-ring (bicyclic) bond motifs is 4. The highest BCUT2D eigenvalue weighted by molar-refractivity contribution is 5.71. The molecule has 3 aliphatic carbocycles. The van der Waals surface area contributed by atoms with E-state index >= 15 is 0 Å². The molecule has 0 nitrogen and oxygen atoms in total. The number of hydrogen-bond acceptors (Lipinski definition) is 0. The standard InChI is InChI=1S/C30H26/c1-19-27(16-21-10-4-3-5-11-21)25-14-8-9-15-26(25)30(19)28-18-23-17-22-12-6-7-13-24(22)29(23)20(28)2/h3-15,17,27-30H,1-2,16,18H2. The lowest BCUT2D eigenvalue weighted by Gasteiger charge is -2.25. The Bertz CT molecular complexity index is 1190. The van der Waals surface area contributed by atoms with Gasteiger partial charge in [0.25, 0.3) is 0 Å². The van der Waals surface area contributed by atoms with Crippen LogP contribution in [0.15, 0.2) is 109 Å². The quantitative estimate of drug-likeness (QED) is 0.411. The lowest BCUT2D eigenvalue weighted by atomic mass is 9.78. The number of benzene rings is 3. The van der Waals surface area contributed by atoms with Gasteiger partial charge in [-0.3, -0.25) is 0 Å². The van der Waals surface area contributed by atoms with Crippen molar-refractivity contribution in [2.75, 3.05) is 0 Å². The second-order valence-electron chi connectivity index (χ2n) is 9.09. The van der Waals surface area contributed by atoms with Crippen LogP contribution in [-0.2, 0) is 6.42 Å². The van der Waals surface area contributed by atoms with Gasteiger partial charge in [-0.05, 0) is 46.6 Å². The first-order valence-corrected chi connectivity index (χ1v) is 11.0. The summed E-state index contributed by atoms with van der Waals surface area (Å²) in [6.07, 6.45) is 4.55. The molecule has 0 heterocycles. The molecule has 0 amide bonds. The van der Waals surface area contributed by atoms with Gasteiger partial charge in [0.2, 0.25) is 0 Å². The van der Waals surface area contributed by atoms with Gasteiger partial charge in [-0.1, -0.05) is 115 Å².